The number of ether oxygens (including phenoxy) is 2. The Hall–Kier alpha value is -1.53. The maximum Gasteiger partial charge on any atom is 0.466 e. The second kappa shape index (κ2) is 7.15. The first-order valence-electron chi connectivity index (χ1n) is 8.35. The maximum absolute atomic E-state index is 12.1. The zero-order chi connectivity index (χ0) is 18.0. The molecule has 24 heavy (non-hydrogen) atoms. The van der Waals surface area contributed by atoms with Crippen LogP contribution in [-0.2, 0) is 18.8 Å². The third kappa shape index (κ3) is 3.93. The summed E-state index contributed by atoms with van der Waals surface area (Å²) in [5.41, 5.74) is 0.0658. The zero-order valence-electron chi connectivity index (χ0n) is 15.4. The fourth-order valence-corrected chi connectivity index (χ4v) is 2.67. The molecule has 1 aliphatic rings. The molecule has 1 aromatic rings. The summed E-state index contributed by atoms with van der Waals surface area (Å²) in [6.07, 6.45) is 0.205. The molecule has 0 aliphatic carbocycles. The molecule has 5 nitrogen and oxygen atoms in total. The Morgan fingerprint density at radius 1 is 1.12 bits per heavy atom. The number of hydrogen-bond acceptors (Lipinski definition) is 5. The van der Waals surface area contributed by atoms with Gasteiger partial charge in [-0.3, -0.25) is 4.79 Å². The lowest BCUT2D eigenvalue weighted by Crippen LogP contribution is -2.41. The number of methoxy groups -OCH3 is 1. The van der Waals surface area contributed by atoms with Gasteiger partial charge in [-0.25, -0.2) is 0 Å². The molecule has 0 radical (unpaired) electrons. The van der Waals surface area contributed by atoms with Gasteiger partial charge in [0.15, 0.2) is 0 Å². The monoisotopic (exact) mass is 334 g/mol. The normalized spacial score (nSPS) is 19.8. The van der Waals surface area contributed by atoms with Crippen LogP contribution in [0.3, 0.4) is 0 Å². The lowest BCUT2D eigenvalue weighted by Gasteiger charge is -2.32. The highest BCUT2D eigenvalue weighted by Gasteiger charge is 2.54. The highest BCUT2D eigenvalue weighted by molar-refractivity contribution is 6.48. The molecule has 0 saturated carbocycles. The lowest BCUT2D eigenvalue weighted by atomic mass is 9.66. The molecule has 0 amide bonds. The number of carbonyl (C=O) groups excluding carboxylic acids is 1. The van der Waals surface area contributed by atoms with Gasteiger partial charge in [0.2, 0.25) is 0 Å². The molecular weight excluding hydrogens is 307 g/mol. The summed E-state index contributed by atoms with van der Waals surface area (Å²) < 4.78 is 22.6. The fourth-order valence-electron chi connectivity index (χ4n) is 2.67. The van der Waals surface area contributed by atoms with Crippen LogP contribution in [0.2, 0.25) is 0 Å². The zero-order valence-corrected chi connectivity index (χ0v) is 15.4. The number of carbonyl (C=O) groups is 1. The Bertz CT molecular complexity index is 551. The van der Waals surface area contributed by atoms with E-state index < -0.39 is 18.3 Å². The van der Waals surface area contributed by atoms with Crippen LogP contribution in [0.1, 0.15) is 52.4 Å². The van der Waals surface area contributed by atoms with Crippen molar-refractivity contribution in [2.75, 3.05) is 13.7 Å². The number of hydrogen-bond donors (Lipinski definition) is 0. The molecule has 1 atom stereocenters. The minimum absolute atomic E-state index is 0.205. The highest BCUT2D eigenvalue weighted by atomic mass is 16.7. The number of esters is 1. The van der Waals surface area contributed by atoms with Gasteiger partial charge in [-0.1, -0.05) is 12.1 Å². The van der Waals surface area contributed by atoms with Crippen LogP contribution in [0, 0.1) is 0 Å². The fraction of sp³-hybridized carbons (Fsp3) is 0.611. The predicted octanol–water partition coefficient (Wildman–Crippen LogP) is 3.36. The van der Waals surface area contributed by atoms with Gasteiger partial charge in [0.05, 0.1) is 31.3 Å². The molecule has 1 fully saturated rings. The van der Waals surface area contributed by atoms with Crippen LogP contribution in [0.4, 0.5) is 0 Å². The Kier molecular flexibility index (Phi) is 5.61. The predicted molar refractivity (Wildman–Crippen MR) is 93.1 cm³/mol. The maximum atomic E-state index is 12.1. The van der Waals surface area contributed by atoms with Crippen LogP contribution < -0.4 is 4.74 Å². The van der Waals surface area contributed by atoms with E-state index >= 15 is 0 Å². The summed E-state index contributed by atoms with van der Waals surface area (Å²) in [5.74, 6) is 0.270. The van der Waals surface area contributed by atoms with Gasteiger partial charge < -0.3 is 18.8 Å². The molecule has 0 spiro atoms. The lowest BCUT2D eigenvalue weighted by molar-refractivity contribution is -0.143. The first-order valence-corrected chi connectivity index (χ1v) is 8.35. The molecular formula is C18H27BO5. The average molecular weight is 334 g/mol. The Balaban J connectivity index is 2.27. The van der Waals surface area contributed by atoms with Crippen molar-refractivity contribution in [2.45, 2.75) is 58.1 Å². The van der Waals surface area contributed by atoms with Crippen molar-refractivity contribution in [3.63, 3.8) is 0 Å². The van der Waals surface area contributed by atoms with Crippen molar-refractivity contribution in [3.8, 4) is 5.75 Å². The molecule has 1 saturated heterocycles. The molecule has 132 valence electrons. The topological polar surface area (TPSA) is 54.0 Å². The number of rotatable bonds is 6. The summed E-state index contributed by atoms with van der Waals surface area (Å²) in [5, 5.41) is 0. The quantitative estimate of drug-likeness (QED) is 0.590. The minimum Gasteiger partial charge on any atom is -0.497 e. The standard InChI is InChI=1S/C18H27BO5/c1-7-22-16(20)12-15(13-8-10-14(21-6)11-9-13)19-23-17(2,3)18(4,5)24-19/h8-11,15H,7,12H2,1-6H3. The molecule has 0 bridgehead atoms. The second-order valence-corrected chi connectivity index (χ2v) is 7.01. The number of benzene rings is 1. The van der Waals surface area contributed by atoms with Crippen LogP contribution in [0.15, 0.2) is 24.3 Å². The van der Waals surface area contributed by atoms with Crippen molar-refractivity contribution in [1.82, 2.24) is 0 Å². The first-order chi connectivity index (χ1) is 11.2. The SMILES string of the molecule is CCOC(=O)CC(B1OC(C)(C)C(C)(C)O1)c1ccc(OC)cc1. The Morgan fingerprint density at radius 2 is 1.67 bits per heavy atom. The van der Waals surface area contributed by atoms with Crippen molar-refractivity contribution < 1.29 is 23.6 Å². The third-order valence-corrected chi connectivity index (χ3v) is 4.84. The van der Waals surface area contributed by atoms with E-state index in [4.69, 9.17) is 18.8 Å². The van der Waals surface area contributed by atoms with E-state index in [1.165, 1.54) is 0 Å². The van der Waals surface area contributed by atoms with Crippen LogP contribution in [0.25, 0.3) is 0 Å². The van der Waals surface area contributed by atoms with Crippen LogP contribution >= 0.6 is 0 Å². The van der Waals surface area contributed by atoms with E-state index in [0.29, 0.717) is 6.61 Å². The van der Waals surface area contributed by atoms with Gasteiger partial charge in [0, 0.05) is 5.82 Å². The minimum atomic E-state index is -0.507. The molecule has 1 unspecified atom stereocenters. The summed E-state index contributed by atoms with van der Waals surface area (Å²) in [7, 11) is 1.12. The first kappa shape index (κ1) is 18.8. The smallest absolute Gasteiger partial charge is 0.466 e. The Morgan fingerprint density at radius 3 is 2.12 bits per heavy atom. The molecule has 2 rings (SSSR count). The van der Waals surface area contributed by atoms with E-state index in [9.17, 15) is 4.79 Å². The van der Waals surface area contributed by atoms with Crippen molar-refractivity contribution in [2.24, 2.45) is 0 Å². The molecule has 1 aliphatic heterocycles. The highest BCUT2D eigenvalue weighted by Crippen LogP contribution is 2.42. The second-order valence-electron chi connectivity index (χ2n) is 7.01. The molecule has 0 N–H and O–H groups in total. The van der Waals surface area contributed by atoms with Crippen LogP contribution in [-0.4, -0.2) is 38.0 Å². The van der Waals surface area contributed by atoms with Gasteiger partial charge >= 0.3 is 13.1 Å². The third-order valence-electron chi connectivity index (χ3n) is 4.84. The molecule has 1 heterocycles. The van der Waals surface area contributed by atoms with E-state index in [0.717, 1.165) is 11.3 Å². The van der Waals surface area contributed by atoms with E-state index in [1.54, 1.807) is 14.0 Å². The molecule has 1 aromatic carbocycles. The van der Waals surface area contributed by atoms with Crippen molar-refractivity contribution in [1.29, 1.82) is 0 Å². The van der Waals surface area contributed by atoms with Gasteiger partial charge in [0.25, 0.3) is 0 Å². The van der Waals surface area contributed by atoms with Gasteiger partial charge in [-0.2, -0.15) is 0 Å². The summed E-state index contributed by atoms with van der Waals surface area (Å²) >= 11 is 0. The summed E-state index contributed by atoms with van der Waals surface area (Å²) in [6.45, 7) is 10.2. The average Bonchev–Trinajstić information content (AvgIpc) is 2.73. The summed E-state index contributed by atoms with van der Waals surface area (Å²) in [6, 6.07) is 7.62. The van der Waals surface area contributed by atoms with Crippen molar-refractivity contribution >= 4 is 13.1 Å². The van der Waals surface area contributed by atoms with E-state index in [2.05, 4.69) is 0 Å². The molecule has 6 heteroatoms. The van der Waals surface area contributed by atoms with Crippen LogP contribution in [0.5, 0.6) is 5.75 Å². The van der Waals surface area contributed by atoms with Gasteiger partial charge in [-0.15, -0.1) is 0 Å². The summed E-state index contributed by atoms with van der Waals surface area (Å²) in [4.78, 5) is 12.1. The van der Waals surface area contributed by atoms with Gasteiger partial charge in [0.1, 0.15) is 5.75 Å². The van der Waals surface area contributed by atoms with Crippen molar-refractivity contribution in [3.05, 3.63) is 29.8 Å². The molecule has 0 aromatic heterocycles. The van der Waals surface area contributed by atoms with Gasteiger partial charge in [-0.05, 0) is 52.3 Å². The van der Waals surface area contributed by atoms with E-state index in [1.807, 2.05) is 52.0 Å². The van der Waals surface area contributed by atoms with E-state index in [-0.39, 0.29) is 18.2 Å². The Labute approximate surface area is 144 Å². The largest absolute Gasteiger partial charge is 0.497 e.